The molecule has 0 radical (unpaired) electrons. The molecule has 0 saturated heterocycles. The predicted molar refractivity (Wildman–Crippen MR) is 56.7 cm³/mol. The lowest BCUT2D eigenvalue weighted by Crippen LogP contribution is -1.95. The summed E-state index contributed by atoms with van der Waals surface area (Å²) in [6.45, 7) is 0. The van der Waals surface area contributed by atoms with E-state index in [0.29, 0.717) is 6.42 Å². The van der Waals surface area contributed by atoms with Gasteiger partial charge in [-0.25, -0.2) is 0 Å². The maximum absolute atomic E-state index is 10.3. The molecule has 4 nitrogen and oxygen atoms in total. The summed E-state index contributed by atoms with van der Waals surface area (Å²) in [7, 11) is 0. The van der Waals surface area contributed by atoms with Gasteiger partial charge in [0.25, 0.3) is 0 Å². The van der Waals surface area contributed by atoms with Crippen molar-refractivity contribution in [1.82, 2.24) is 10.2 Å². The zero-order valence-corrected chi connectivity index (χ0v) is 8.23. The molecule has 0 fully saturated rings. The van der Waals surface area contributed by atoms with Gasteiger partial charge in [0.05, 0.1) is 11.7 Å². The van der Waals surface area contributed by atoms with E-state index in [2.05, 4.69) is 10.2 Å². The molecule has 0 unspecified atom stereocenters. The van der Waals surface area contributed by atoms with Crippen LogP contribution < -0.4 is 0 Å². The molecule has 15 heavy (non-hydrogen) atoms. The Hall–Kier alpha value is -1.84. The van der Waals surface area contributed by atoms with E-state index >= 15 is 0 Å². The van der Waals surface area contributed by atoms with Gasteiger partial charge in [-0.05, 0) is 30.5 Å². The number of nitrogens with one attached hydrogen (secondary N) is 1. The number of aromatic nitrogens is 2. The highest BCUT2D eigenvalue weighted by Gasteiger charge is 2.00. The summed E-state index contributed by atoms with van der Waals surface area (Å²) in [4.78, 5) is 10.3. The van der Waals surface area contributed by atoms with Gasteiger partial charge in [0.2, 0.25) is 0 Å². The zero-order chi connectivity index (χ0) is 10.7. The minimum Gasteiger partial charge on any atom is -0.481 e. The second-order valence-electron chi connectivity index (χ2n) is 3.54. The van der Waals surface area contributed by atoms with Gasteiger partial charge in [0, 0.05) is 11.8 Å². The van der Waals surface area contributed by atoms with E-state index in [1.165, 1.54) is 0 Å². The fraction of sp³-hybridized carbons (Fsp3) is 0.273. The number of benzene rings is 1. The van der Waals surface area contributed by atoms with Crippen molar-refractivity contribution in [2.24, 2.45) is 0 Å². The first-order chi connectivity index (χ1) is 7.25. The van der Waals surface area contributed by atoms with Crippen LogP contribution in [0.15, 0.2) is 24.4 Å². The van der Waals surface area contributed by atoms with Crippen LogP contribution in [0.3, 0.4) is 0 Å². The number of rotatable bonds is 4. The molecule has 0 saturated carbocycles. The van der Waals surface area contributed by atoms with Crippen LogP contribution in [0, 0.1) is 0 Å². The van der Waals surface area contributed by atoms with Crippen molar-refractivity contribution in [3.05, 3.63) is 30.0 Å². The Morgan fingerprint density at radius 1 is 1.47 bits per heavy atom. The topological polar surface area (TPSA) is 66.0 Å². The Morgan fingerprint density at radius 3 is 3.13 bits per heavy atom. The number of carboxylic acid groups (broad SMARTS) is 1. The fourth-order valence-corrected chi connectivity index (χ4v) is 1.59. The van der Waals surface area contributed by atoms with Crippen LogP contribution in [0.1, 0.15) is 18.4 Å². The maximum Gasteiger partial charge on any atom is 0.303 e. The molecule has 78 valence electrons. The number of aliphatic carboxylic acids is 1. The van der Waals surface area contributed by atoms with E-state index in [-0.39, 0.29) is 6.42 Å². The number of carbonyl (C=O) groups is 1. The molecule has 2 aromatic rings. The largest absolute Gasteiger partial charge is 0.481 e. The highest BCUT2D eigenvalue weighted by Crippen LogP contribution is 2.14. The molecule has 1 aromatic heterocycles. The van der Waals surface area contributed by atoms with Crippen LogP contribution in [-0.4, -0.2) is 21.3 Å². The van der Waals surface area contributed by atoms with Crippen molar-refractivity contribution in [3.8, 4) is 0 Å². The van der Waals surface area contributed by atoms with E-state index in [4.69, 9.17) is 5.11 Å². The average molecular weight is 204 g/mol. The van der Waals surface area contributed by atoms with Crippen molar-refractivity contribution >= 4 is 16.9 Å². The third-order valence-corrected chi connectivity index (χ3v) is 2.36. The van der Waals surface area contributed by atoms with E-state index in [0.717, 1.165) is 22.9 Å². The lowest BCUT2D eigenvalue weighted by molar-refractivity contribution is -0.137. The Labute approximate surface area is 86.9 Å². The Bertz CT molecular complexity index is 476. The van der Waals surface area contributed by atoms with Gasteiger partial charge in [-0.2, -0.15) is 5.10 Å². The van der Waals surface area contributed by atoms with Gasteiger partial charge >= 0.3 is 5.97 Å². The zero-order valence-electron chi connectivity index (χ0n) is 8.23. The first-order valence-electron chi connectivity index (χ1n) is 4.89. The number of hydrogen-bond donors (Lipinski definition) is 2. The molecular formula is C11H12N2O2. The Kier molecular flexibility index (Phi) is 2.67. The van der Waals surface area contributed by atoms with Crippen LogP contribution >= 0.6 is 0 Å². The average Bonchev–Trinajstić information content (AvgIpc) is 2.64. The second-order valence-corrected chi connectivity index (χ2v) is 3.54. The molecule has 4 heteroatoms. The SMILES string of the molecule is O=C(O)CCCc1ccc2[nH]ncc2c1. The molecule has 1 heterocycles. The van der Waals surface area contributed by atoms with Gasteiger partial charge in [0.15, 0.2) is 0 Å². The predicted octanol–water partition coefficient (Wildman–Crippen LogP) is 1.97. The standard InChI is InChI=1S/C11H12N2O2/c14-11(15)3-1-2-8-4-5-10-9(6-8)7-12-13-10/h4-7H,1-3H2,(H,12,13)(H,14,15). The van der Waals surface area contributed by atoms with Crippen LogP contribution in [-0.2, 0) is 11.2 Å². The number of aromatic amines is 1. The van der Waals surface area contributed by atoms with Crippen LogP contribution in [0.25, 0.3) is 10.9 Å². The van der Waals surface area contributed by atoms with Crippen molar-refractivity contribution in [1.29, 1.82) is 0 Å². The van der Waals surface area contributed by atoms with E-state index in [9.17, 15) is 4.79 Å². The smallest absolute Gasteiger partial charge is 0.303 e. The van der Waals surface area contributed by atoms with Gasteiger partial charge in [0.1, 0.15) is 0 Å². The molecule has 0 aliphatic carbocycles. The number of fused-ring (bicyclic) bond motifs is 1. The highest BCUT2D eigenvalue weighted by atomic mass is 16.4. The second kappa shape index (κ2) is 4.13. The summed E-state index contributed by atoms with van der Waals surface area (Å²) in [5.41, 5.74) is 2.17. The molecule has 2 rings (SSSR count). The van der Waals surface area contributed by atoms with Gasteiger partial charge < -0.3 is 5.11 Å². The van der Waals surface area contributed by atoms with Crippen LogP contribution in [0.5, 0.6) is 0 Å². The third-order valence-electron chi connectivity index (χ3n) is 2.36. The molecule has 0 amide bonds. The summed E-state index contributed by atoms with van der Waals surface area (Å²) >= 11 is 0. The summed E-state index contributed by atoms with van der Waals surface area (Å²) in [5.74, 6) is -0.737. The number of nitrogens with zero attached hydrogens (tertiary/aromatic N) is 1. The molecule has 0 spiro atoms. The number of aryl methyl sites for hydroxylation is 1. The van der Waals surface area contributed by atoms with Crippen molar-refractivity contribution in [2.45, 2.75) is 19.3 Å². The minimum atomic E-state index is -0.737. The van der Waals surface area contributed by atoms with Crippen molar-refractivity contribution in [3.63, 3.8) is 0 Å². The number of H-pyrrole nitrogens is 1. The number of carboxylic acids is 1. The molecule has 0 atom stereocenters. The summed E-state index contributed by atoms with van der Waals surface area (Å²) in [6, 6.07) is 6.02. The van der Waals surface area contributed by atoms with Crippen LogP contribution in [0.2, 0.25) is 0 Å². The first-order valence-corrected chi connectivity index (χ1v) is 4.89. The van der Waals surface area contributed by atoms with E-state index in [1.807, 2.05) is 18.2 Å². The van der Waals surface area contributed by atoms with Crippen molar-refractivity contribution < 1.29 is 9.90 Å². The van der Waals surface area contributed by atoms with Crippen molar-refractivity contribution in [2.75, 3.05) is 0 Å². The quantitative estimate of drug-likeness (QED) is 0.800. The summed E-state index contributed by atoms with van der Waals surface area (Å²) < 4.78 is 0. The number of hydrogen-bond acceptors (Lipinski definition) is 2. The van der Waals surface area contributed by atoms with Crippen LogP contribution in [0.4, 0.5) is 0 Å². The molecule has 2 N–H and O–H groups in total. The lowest BCUT2D eigenvalue weighted by Gasteiger charge is -1.99. The Balaban J connectivity index is 2.04. The monoisotopic (exact) mass is 204 g/mol. The fourth-order valence-electron chi connectivity index (χ4n) is 1.59. The van der Waals surface area contributed by atoms with Gasteiger partial charge in [-0.1, -0.05) is 6.07 Å². The van der Waals surface area contributed by atoms with Gasteiger partial charge in [-0.15, -0.1) is 0 Å². The van der Waals surface area contributed by atoms with E-state index < -0.39 is 5.97 Å². The third kappa shape index (κ3) is 2.34. The first kappa shape index (κ1) is 9.71. The van der Waals surface area contributed by atoms with E-state index in [1.54, 1.807) is 6.20 Å². The van der Waals surface area contributed by atoms with Gasteiger partial charge in [-0.3, -0.25) is 9.89 Å². The molecule has 1 aromatic carbocycles. The molecule has 0 aliphatic rings. The Morgan fingerprint density at radius 2 is 2.33 bits per heavy atom. The molecule has 0 aliphatic heterocycles. The normalized spacial score (nSPS) is 10.7. The molecular weight excluding hydrogens is 192 g/mol. The molecule has 0 bridgehead atoms. The maximum atomic E-state index is 10.3. The minimum absolute atomic E-state index is 0.226. The summed E-state index contributed by atoms with van der Waals surface area (Å²) in [5, 5.41) is 16.4. The summed E-state index contributed by atoms with van der Waals surface area (Å²) in [6.07, 6.45) is 3.48. The highest BCUT2D eigenvalue weighted by molar-refractivity contribution is 5.78. The lowest BCUT2D eigenvalue weighted by atomic mass is 10.1.